The fourth-order valence-electron chi connectivity index (χ4n) is 1.36. The van der Waals surface area contributed by atoms with Gasteiger partial charge in [-0.15, -0.1) is 11.3 Å². The number of esters is 1. The van der Waals surface area contributed by atoms with E-state index in [0.717, 1.165) is 0 Å². The van der Waals surface area contributed by atoms with Crippen LogP contribution in [-0.2, 0) is 9.53 Å². The van der Waals surface area contributed by atoms with Crippen LogP contribution in [0.4, 0.5) is 0 Å². The number of thiophene rings is 1. The van der Waals surface area contributed by atoms with Gasteiger partial charge < -0.3 is 15.4 Å². The van der Waals surface area contributed by atoms with E-state index in [1.54, 1.807) is 13.1 Å². The van der Waals surface area contributed by atoms with E-state index in [-0.39, 0.29) is 24.8 Å². The first kappa shape index (κ1) is 15.2. The van der Waals surface area contributed by atoms with Crippen molar-refractivity contribution in [3.8, 4) is 11.8 Å². The molecule has 1 aromatic heterocycles. The van der Waals surface area contributed by atoms with Crippen LogP contribution in [0.25, 0.3) is 0 Å². The molecule has 1 amide bonds. The quantitative estimate of drug-likeness (QED) is 0.650. The van der Waals surface area contributed by atoms with Crippen LogP contribution < -0.4 is 5.73 Å². The monoisotopic (exact) mass is 280 g/mol. The molecule has 1 rings (SSSR count). The zero-order valence-electron chi connectivity index (χ0n) is 10.9. The molecule has 0 saturated carbocycles. The van der Waals surface area contributed by atoms with Gasteiger partial charge in [0.1, 0.15) is 4.88 Å². The predicted octanol–water partition coefficient (Wildman–Crippen LogP) is 0.693. The lowest BCUT2D eigenvalue weighted by molar-refractivity contribution is -0.140. The van der Waals surface area contributed by atoms with Crippen molar-refractivity contribution in [3.63, 3.8) is 0 Å². The van der Waals surface area contributed by atoms with Gasteiger partial charge in [-0.3, -0.25) is 9.59 Å². The first-order valence-corrected chi connectivity index (χ1v) is 6.56. The summed E-state index contributed by atoms with van der Waals surface area (Å²) in [4.78, 5) is 25.3. The molecule has 1 aromatic rings. The average Bonchev–Trinajstić information content (AvgIpc) is 2.89. The van der Waals surface area contributed by atoms with Gasteiger partial charge >= 0.3 is 5.97 Å². The van der Waals surface area contributed by atoms with Crippen LogP contribution >= 0.6 is 11.3 Å². The van der Waals surface area contributed by atoms with Crippen LogP contribution in [0.3, 0.4) is 0 Å². The number of rotatable bonds is 4. The highest BCUT2D eigenvalue weighted by Gasteiger charge is 2.17. The molecule has 0 fully saturated rings. The lowest BCUT2D eigenvalue weighted by Gasteiger charge is -2.15. The second-order valence-corrected chi connectivity index (χ2v) is 4.64. The molecule has 0 spiro atoms. The van der Waals surface area contributed by atoms with Crippen molar-refractivity contribution in [2.24, 2.45) is 5.73 Å². The minimum atomic E-state index is -0.339. The van der Waals surface area contributed by atoms with Crippen molar-refractivity contribution >= 4 is 23.2 Å². The van der Waals surface area contributed by atoms with E-state index in [1.165, 1.54) is 23.3 Å². The van der Waals surface area contributed by atoms with Crippen molar-refractivity contribution in [1.82, 2.24) is 4.90 Å². The second-order valence-electron chi connectivity index (χ2n) is 3.72. The van der Waals surface area contributed by atoms with Crippen LogP contribution in [0.2, 0.25) is 0 Å². The number of hydrogen-bond acceptors (Lipinski definition) is 5. The molecule has 0 aliphatic rings. The number of carbonyl (C=O) groups is 2. The number of ether oxygens (including phenoxy) is 1. The molecule has 0 bridgehead atoms. The van der Waals surface area contributed by atoms with E-state index in [4.69, 9.17) is 5.73 Å². The summed E-state index contributed by atoms with van der Waals surface area (Å²) < 4.78 is 4.54. The first-order valence-electron chi connectivity index (χ1n) is 5.68. The predicted molar refractivity (Wildman–Crippen MR) is 73.8 cm³/mol. The topological polar surface area (TPSA) is 72.6 Å². The van der Waals surface area contributed by atoms with Gasteiger partial charge in [-0.1, -0.05) is 11.8 Å². The van der Waals surface area contributed by atoms with Crippen LogP contribution in [0.1, 0.15) is 21.7 Å². The molecule has 19 heavy (non-hydrogen) atoms. The Hall–Kier alpha value is -1.84. The molecule has 0 aliphatic carbocycles. The molecule has 0 aliphatic heterocycles. The Balaban J connectivity index is 2.72. The zero-order chi connectivity index (χ0) is 14.3. The largest absolute Gasteiger partial charge is 0.469 e. The van der Waals surface area contributed by atoms with E-state index in [2.05, 4.69) is 16.6 Å². The van der Waals surface area contributed by atoms with Gasteiger partial charge in [0, 0.05) is 19.2 Å². The third kappa shape index (κ3) is 4.39. The summed E-state index contributed by atoms with van der Waals surface area (Å²) in [5.41, 5.74) is 5.98. The van der Waals surface area contributed by atoms with Crippen molar-refractivity contribution in [2.45, 2.75) is 6.42 Å². The third-order valence-electron chi connectivity index (χ3n) is 2.41. The SMILES string of the molecule is COC(=O)CCN(C)C(=O)c1sccc1C#CCN. The Morgan fingerprint density at radius 1 is 1.53 bits per heavy atom. The van der Waals surface area contributed by atoms with Gasteiger partial charge in [0.05, 0.1) is 20.1 Å². The maximum Gasteiger partial charge on any atom is 0.307 e. The van der Waals surface area contributed by atoms with Crippen molar-refractivity contribution in [1.29, 1.82) is 0 Å². The standard InChI is InChI=1S/C13H16N2O3S/c1-15(8-5-11(16)18-2)13(17)12-10(4-3-7-14)6-9-19-12/h6,9H,5,7-8,14H2,1-2H3. The van der Waals surface area contributed by atoms with Crippen molar-refractivity contribution in [3.05, 3.63) is 21.9 Å². The van der Waals surface area contributed by atoms with Crippen LogP contribution in [0, 0.1) is 11.8 Å². The smallest absolute Gasteiger partial charge is 0.307 e. The molecule has 6 heteroatoms. The third-order valence-corrected chi connectivity index (χ3v) is 3.31. The molecule has 0 atom stereocenters. The first-order chi connectivity index (χ1) is 9.10. The summed E-state index contributed by atoms with van der Waals surface area (Å²) in [6, 6.07) is 1.79. The number of nitrogens with two attached hydrogens (primary N) is 1. The van der Waals surface area contributed by atoms with Crippen LogP contribution in [0.5, 0.6) is 0 Å². The molecule has 0 unspecified atom stereocenters. The molecule has 0 saturated heterocycles. The number of carbonyl (C=O) groups excluding carboxylic acids is 2. The average molecular weight is 280 g/mol. The molecule has 2 N–H and O–H groups in total. The highest BCUT2D eigenvalue weighted by molar-refractivity contribution is 7.12. The lowest BCUT2D eigenvalue weighted by atomic mass is 10.2. The Labute approximate surface area is 116 Å². The van der Waals surface area contributed by atoms with Gasteiger partial charge in [0.25, 0.3) is 5.91 Å². The summed E-state index contributed by atoms with van der Waals surface area (Å²) in [6.45, 7) is 0.564. The fourth-order valence-corrected chi connectivity index (χ4v) is 2.20. The van der Waals surface area contributed by atoms with Gasteiger partial charge in [0.15, 0.2) is 0 Å². The van der Waals surface area contributed by atoms with Gasteiger partial charge in [-0.25, -0.2) is 0 Å². The summed E-state index contributed by atoms with van der Waals surface area (Å²) in [5, 5.41) is 1.81. The van der Waals surface area contributed by atoms with E-state index >= 15 is 0 Å². The molecule has 1 heterocycles. The van der Waals surface area contributed by atoms with Crippen molar-refractivity contribution < 1.29 is 14.3 Å². The maximum atomic E-state index is 12.2. The van der Waals surface area contributed by atoms with Crippen LogP contribution in [0.15, 0.2) is 11.4 Å². The normalized spacial score (nSPS) is 9.42. The number of amides is 1. The summed E-state index contributed by atoms with van der Waals surface area (Å²) >= 11 is 1.33. The van der Waals surface area contributed by atoms with E-state index < -0.39 is 0 Å². The Kier molecular flexibility index (Phi) is 6.06. The van der Waals surface area contributed by atoms with E-state index in [0.29, 0.717) is 17.0 Å². The summed E-state index contributed by atoms with van der Waals surface area (Å²) in [5.74, 6) is 5.09. The zero-order valence-corrected chi connectivity index (χ0v) is 11.8. The lowest BCUT2D eigenvalue weighted by Crippen LogP contribution is -2.29. The highest BCUT2D eigenvalue weighted by atomic mass is 32.1. The number of methoxy groups -OCH3 is 1. The van der Waals surface area contributed by atoms with Gasteiger partial charge in [-0.05, 0) is 11.4 Å². The summed E-state index contributed by atoms with van der Waals surface area (Å²) in [6.07, 6.45) is 0.175. The number of hydrogen-bond donors (Lipinski definition) is 1. The molecular formula is C13H16N2O3S. The van der Waals surface area contributed by atoms with Crippen LogP contribution in [-0.4, -0.2) is 44.0 Å². The van der Waals surface area contributed by atoms with Crippen molar-refractivity contribution in [2.75, 3.05) is 27.2 Å². The fraction of sp³-hybridized carbons (Fsp3) is 0.385. The second kappa shape index (κ2) is 7.56. The van der Waals surface area contributed by atoms with E-state index in [1.807, 2.05) is 5.38 Å². The van der Waals surface area contributed by atoms with Gasteiger partial charge in [-0.2, -0.15) is 0 Å². The molecule has 0 radical (unpaired) electrons. The van der Waals surface area contributed by atoms with E-state index in [9.17, 15) is 9.59 Å². The molecule has 102 valence electrons. The van der Waals surface area contributed by atoms with Gasteiger partial charge in [0.2, 0.25) is 0 Å². The Morgan fingerprint density at radius 2 is 2.26 bits per heavy atom. The highest BCUT2D eigenvalue weighted by Crippen LogP contribution is 2.17. The molecular weight excluding hydrogens is 264 g/mol. The Morgan fingerprint density at radius 3 is 2.89 bits per heavy atom. The molecule has 0 aromatic carbocycles. The minimum Gasteiger partial charge on any atom is -0.469 e. The Bertz CT molecular complexity index is 513. The molecule has 5 nitrogen and oxygen atoms in total. The number of nitrogens with zero attached hydrogens (tertiary/aromatic N) is 1. The minimum absolute atomic E-state index is 0.153. The summed E-state index contributed by atoms with van der Waals surface area (Å²) in [7, 11) is 2.97. The maximum absolute atomic E-state index is 12.2.